The van der Waals surface area contributed by atoms with Gasteiger partial charge in [-0.3, -0.25) is 4.79 Å². The number of hydrogen-bond donors (Lipinski definition) is 3. The van der Waals surface area contributed by atoms with E-state index in [1.807, 2.05) is 6.07 Å². The lowest BCUT2D eigenvalue weighted by molar-refractivity contribution is -0.147. The number of nitrogens with one attached hydrogen (secondary N) is 2. The number of carbonyl (C=O) groups is 5. The molecule has 264 valence electrons. The number of carbonyl (C=O) groups excluding carboxylic acids is 4. The molecule has 1 aromatic heterocycles. The minimum Gasteiger partial charge on any atom is -0.496 e. The van der Waals surface area contributed by atoms with Crippen molar-refractivity contribution in [3.8, 4) is 16.9 Å². The molecule has 0 unspecified atom stereocenters. The summed E-state index contributed by atoms with van der Waals surface area (Å²) in [6, 6.07) is 13.5. The molecule has 2 amide bonds. The molecule has 50 heavy (non-hydrogen) atoms. The molecule has 1 heterocycles. The van der Waals surface area contributed by atoms with E-state index in [1.165, 1.54) is 37.5 Å². The van der Waals surface area contributed by atoms with Gasteiger partial charge in [-0.15, -0.1) is 0 Å². The Morgan fingerprint density at radius 2 is 1.70 bits per heavy atom. The lowest BCUT2D eigenvalue weighted by atomic mass is 9.95. The molecule has 4 rings (SSSR count). The van der Waals surface area contributed by atoms with Gasteiger partial charge in [-0.05, 0) is 69.4 Å². The second-order valence-electron chi connectivity index (χ2n) is 12.6. The third-order valence-corrected chi connectivity index (χ3v) is 7.50. The highest BCUT2D eigenvalue weighted by Gasteiger charge is 2.28. The quantitative estimate of drug-likeness (QED) is 0.110. The van der Waals surface area contributed by atoms with Gasteiger partial charge in [0.05, 0.1) is 12.7 Å². The van der Waals surface area contributed by atoms with Crippen LogP contribution in [-0.2, 0) is 25.4 Å². The van der Waals surface area contributed by atoms with Gasteiger partial charge in [-0.25, -0.2) is 24.2 Å². The molecule has 2 aromatic carbocycles. The van der Waals surface area contributed by atoms with Gasteiger partial charge in [-0.1, -0.05) is 43.0 Å². The maximum atomic E-state index is 13.5. The molecule has 13 nitrogen and oxygen atoms in total. The molecule has 13 heteroatoms. The molecule has 1 aliphatic carbocycles. The van der Waals surface area contributed by atoms with Crippen LogP contribution in [0.1, 0.15) is 76.1 Å². The topological polar surface area (TPSA) is 179 Å². The summed E-state index contributed by atoms with van der Waals surface area (Å²) in [5.74, 6) is -2.89. The molecule has 1 aliphatic rings. The van der Waals surface area contributed by atoms with Gasteiger partial charge in [0.25, 0.3) is 5.91 Å². The van der Waals surface area contributed by atoms with E-state index >= 15 is 0 Å². The van der Waals surface area contributed by atoms with E-state index < -0.39 is 48.2 Å². The molecule has 1 fully saturated rings. The van der Waals surface area contributed by atoms with Crippen LogP contribution in [-0.4, -0.2) is 78.5 Å². The fourth-order valence-corrected chi connectivity index (χ4v) is 4.88. The van der Waals surface area contributed by atoms with Crippen molar-refractivity contribution in [2.75, 3.05) is 26.9 Å². The number of methoxy groups -OCH3 is 1. The number of aromatic nitrogens is 1. The summed E-state index contributed by atoms with van der Waals surface area (Å²) >= 11 is 0. The number of ether oxygens (including phenoxy) is 4. The number of esters is 2. The standard InChI is InChI=1S/C37H41N3O10/c1-6-24-19-27(33(42)43)26(20-30(24)47-5)25-14-15-28(32(41)38-21-23-12-13-23)39-31(25)35(45)49-17-16-48-34(44)29(18-22-10-8-7-9-11-22)40-36(46)50-37(2,3)4/h6-11,14-15,19-20,23,29H,1,12-13,16-18,21H2,2-5H3,(H,38,41)(H,40,46)(H,42,43)/t29-/m0/s1. The zero-order valence-corrected chi connectivity index (χ0v) is 28.4. The fourth-order valence-electron chi connectivity index (χ4n) is 4.88. The maximum Gasteiger partial charge on any atom is 0.408 e. The molecule has 0 bridgehead atoms. The molecule has 3 aromatic rings. The van der Waals surface area contributed by atoms with Crippen LogP contribution < -0.4 is 15.4 Å². The van der Waals surface area contributed by atoms with E-state index in [0.29, 0.717) is 23.8 Å². The Labute approximate surface area is 290 Å². The van der Waals surface area contributed by atoms with Crippen LogP contribution >= 0.6 is 0 Å². The average Bonchev–Trinajstić information content (AvgIpc) is 3.92. The van der Waals surface area contributed by atoms with Gasteiger partial charge >= 0.3 is 24.0 Å². The Morgan fingerprint density at radius 1 is 1.00 bits per heavy atom. The number of hydrogen-bond acceptors (Lipinski definition) is 10. The second kappa shape index (κ2) is 16.6. The second-order valence-corrected chi connectivity index (χ2v) is 12.6. The Balaban J connectivity index is 1.54. The lowest BCUT2D eigenvalue weighted by Gasteiger charge is -2.23. The normalized spacial score (nSPS) is 13.0. The van der Waals surface area contributed by atoms with E-state index in [0.717, 1.165) is 18.4 Å². The predicted octanol–water partition coefficient (Wildman–Crippen LogP) is 5.07. The number of amides is 2. The first kappa shape index (κ1) is 37.1. The van der Waals surface area contributed by atoms with Crippen LogP contribution in [0.25, 0.3) is 17.2 Å². The van der Waals surface area contributed by atoms with Crippen LogP contribution in [0.5, 0.6) is 5.75 Å². The van der Waals surface area contributed by atoms with Gasteiger partial charge in [0, 0.05) is 29.7 Å². The molecular weight excluding hydrogens is 646 g/mol. The first-order valence-electron chi connectivity index (χ1n) is 16.0. The molecule has 1 atom stereocenters. The van der Waals surface area contributed by atoms with E-state index in [2.05, 4.69) is 22.2 Å². The summed E-state index contributed by atoms with van der Waals surface area (Å²) in [4.78, 5) is 68.6. The van der Waals surface area contributed by atoms with E-state index in [9.17, 15) is 29.1 Å². The highest BCUT2D eigenvalue weighted by Crippen LogP contribution is 2.34. The third-order valence-electron chi connectivity index (χ3n) is 7.50. The van der Waals surface area contributed by atoms with E-state index in [4.69, 9.17) is 18.9 Å². The average molecular weight is 688 g/mol. The van der Waals surface area contributed by atoms with Crippen molar-refractivity contribution in [1.29, 1.82) is 0 Å². The van der Waals surface area contributed by atoms with Crippen molar-refractivity contribution in [2.45, 2.75) is 51.7 Å². The molecule has 0 spiro atoms. The number of alkyl carbamates (subject to hydrolysis) is 1. The summed E-state index contributed by atoms with van der Waals surface area (Å²) in [5, 5.41) is 15.4. The number of aromatic carboxylic acids is 1. The number of rotatable bonds is 15. The first-order chi connectivity index (χ1) is 23.8. The highest BCUT2D eigenvalue weighted by molar-refractivity contribution is 6.04. The third kappa shape index (κ3) is 10.4. The Morgan fingerprint density at radius 3 is 2.32 bits per heavy atom. The van der Waals surface area contributed by atoms with E-state index in [-0.39, 0.29) is 41.1 Å². The van der Waals surface area contributed by atoms with Gasteiger partial charge in [0.1, 0.15) is 36.3 Å². The van der Waals surface area contributed by atoms with E-state index in [1.54, 1.807) is 45.0 Å². The number of benzene rings is 2. The minimum absolute atomic E-state index is 0.0709. The smallest absolute Gasteiger partial charge is 0.408 e. The minimum atomic E-state index is -1.28. The van der Waals surface area contributed by atoms with Crippen LogP contribution in [0.3, 0.4) is 0 Å². The summed E-state index contributed by atoms with van der Waals surface area (Å²) in [7, 11) is 1.40. The predicted molar refractivity (Wildman–Crippen MR) is 183 cm³/mol. The number of nitrogens with zero attached hydrogens (tertiary/aromatic N) is 1. The van der Waals surface area contributed by atoms with Crippen LogP contribution in [0, 0.1) is 5.92 Å². The van der Waals surface area contributed by atoms with Crippen LogP contribution in [0.15, 0.2) is 61.2 Å². The molecule has 0 radical (unpaired) electrons. The van der Waals surface area contributed by atoms with Crippen molar-refractivity contribution in [1.82, 2.24) is 15.6 Å². The van der Waals surface area contributed by atoms with Crippen molar-refractivity contribution in [3.05, 3.63) is 89.3 Å². The molecular formula is C37H41N3O10. The largest absolute Gasteiger partial charge is 0.496 e. The van der Waals surface area contributed by atoms with Gasteiger partial charge < -0.3 is 34.7 Å². The zero-order chi connectivity index (χ0) is 36.4. The van der Waals surface area contributed by atoms with Gasteiger partial charge in [0.15, 0.2) is 5.69 Å². The molecule has 1 saturated carbocycles. The lowest BCUT2D eigenvalue weighted by Crippen LogP contribution is -2.45. The SMILES string of the molecule is C=Cc1cc(C(=O)O)c(-c2ccc(C(=O)NCC3CC3)nc2C(=O)OCCOC(=O)[C@H](Cc2ccccc2)NC(=O)OC(C)(C)C)cc1OC. The maximum absolute atomic E-state index is 13.5. The summed E-state index contributed by atoms with van der Waals surface area (Å²) in [6.07, 6.45) is 2.77. The Kier molecular flexibility index (Phi) is 12.3. The van der Waals surface area contributed by atoms with Crippen molar-refractivity contribution in [2.24, 2.45) is 5.92 Å². The summed E-state index contributed by atoms with van der Waals surface area (Å²) < 4.78 is 21.5. The zero-order valence-electron chi connectivity index (χ0n) is 28.4. The number of carboxylic acids is 1. The molecule has 0 saturated heterocycles. The van der Waals surface area contributed by atoms with Gasteiger partial charge in [0.2, 0.25) is 0 Å². The Bertz CT molecular complexity index is 1750. The highest BCUT2D eigenvalue weighted by atomic mass is 16.6. The molecule has 0 aliphatic heterocycles. The fraction of sp³-hybridized carbons (Fsp3) is 0.351. The number of pyridine rings is 1. The van der Waals surface area contributed by atoms with Crippen molar-refractivity contribution >= 4 is 36.0 Å². The first-order valence-corrected chi connectivity index (χ1v) is 16.0. The van der Waals surface area contributed by atoms with Crippen molar-refractivity contribution < 1.29 is 48.0 Å². The monoisotopic (exact) mass is 687 g/mol. The number of carboxylic acid groups (broad SMARTS) is 1. The summed E-state index contributed by atoms with van der Waals surface area (Å²) in [5.41, 5.74) is -0.0414. The van der Waals surface area contributed by atoms with Crippen LogP contribution in [0.2, 0.25) is 0 Å². The Hall–Kier alpha value is -5.72. The van der Waals surface area contributed by atoms with Gasteiger partial charge in [-0.2, -0.15) is 0 Å². The molecule has 3 N–H and O–H groups in total. The summed E-state index contributed by atoms with van der Waals surface area (Å²) in [6.45, 7) is 8.44. The van der Waals surface area contributed by atoms with Crippen LogP contribution in [0.4, 0.5) is 4.79 Å². The van der Waals surface area contributed by atoms with Crippen molar-refractivity contribution in [3.63, 3.8) is 0 Å².